The predicted octanol–water partition coefficient (Wildman–Crippen LogP) is 4.36. The normalized spacial score (nSPS) is 13.4. The van der Waals surface area contributed by atoms with Crippen LogP contribution in [-0.4, -0.2) is 43.7 Å². The lowest BCUT2D eigenvalue weighted by molar-refractivity contribution is -0.137. The Morgan fingerprint density at radius 1 is 1.06 bits per heavy atom. The average molecular weight is 438 g/mol. The molecule has 162 valence electrons. The van der Waals surface area contributed by atoms with Crippen LogP contribution in [0.4, 0.5) is 0 Å². The van der Waals surface area contributed by atoms with Gasteiger partial charge in [-0.1, -0.05) is 18.2 Å². The molecule has 1 N–H and O–H groups in total. The third-order valence-corrected chi connectivity index (χ3v) is 6.72. The Kier molecular flexibility index (Phi) is 6.92. The molecule has 0 spiro atoms. The van der Waals surface area contributed by atoms with E-state index < -0.39 is 5.97 Å². The van der Waals surface area contributed by atoms with Gasteiger partial charge in [-0.25, -0.2) is 4.98 Å². The number of hydrogen-bond donors (Lipinski definition) is 1. The molecule has 0 saturated carbocycles. The van der Waals surface area contributed by atoms with E-state index in [0.29, 0.717) is 32.4 Å². The third-order valence-electron chi connectivity index (χ3n) is 5.72. The second-order valence-corrected chi connectivity index (χ2v) is 8.95. The van der Waals surface area contributed by atoms with Crippen LogP contribution in [0.25, 0.3) is 11.0 Å². The number of benzene rings is 1. The van der Waals surface area contributed by atoms with E-state index in [9.17, 15) is 9.59 Å². The smallest absolute Gasteiger partial charge is 0.303 e. The standard InChI is InChI=1S/C24H27N3O3S/c28-22(10-4-5-11-23(29)30)26-14-12-19-20-9-6-13-25-24(20)27(21(19)17-26)15-16-31-18-7-2-1-3-8-18/h1-3,6-9,13H,4-5,10-12,14-17H2,(H,29,30). The van der Waals surface area contributed by atoms with E-state index in [1.165, 1.54) is 21.5 Å². The lowest BCUT2D eigenvalue weighted by Crippen LogP contribution is -2.36. The largest absolute Gasteiger partial charge is 0.481 e. The van der Waals surface area contributed by atoms with Gasteiger partial charge in [0, 0.05) is 53.9 Å². The molecular formula is C24H27N3O3S. The number of hydrogen-bond acceptors (Lipinski definition) is 4. The molecule has 0 atom stereocenters. The van der Waals surface area contributed by atoms with Crippen LogP contribution in [0.1, 0.15) is 36.9 Å². The molecule has 4 rings (SSSR count). The van der Waals surface area contributed by atoms with Crippen molar-refractivity contribution < 1.29 is 14.7 Å². The summed E-state index contributed by atoms with van der Waals surface area (Å²) in [7, 11) is 0. The Labute approximate surface area is 186 Å². The summed E-state index contributed by atoms with van der Waals surface area (Å²) in [6.45, 7) is 2.14. The van der Waals surface area contributed by atoms with E-state index in [-0.39, 0.29) is 12.3 Å². The zero-order valence-corrected chi connectivity index (χ0v) is 18.3. The fraction of sp³-hybridized carbons (Fsp3) is 0.375. The Morgan fingerprint density at radius 2 is 1.87 bits per heavy atom. The molecule has 1 amide bonds. The van der Waals surface area contributed by atoms with E-state index in [2.05, 4.69) is 39.9 Å². The van der Waals surface area contributed by atoms with E-state index in [1.54, 1.807) is 0 Å². The summed E-state index contributed by atoms with van der Waals surface area (Å²) >= 11 is 1.82. The molecule has 0 bridgehead atoms. The number of rotatable bonds is 9. The summed E-state index contributed by atoms with van der Waals surface area (Å²) in [5.41, 5.74) is 3.49. The first-order valence-electron chi connectivity index (χ1n) is 10.8. The number of carboxylic acid groups (broad SMARTS) is 1. The number of unbranched alkanes of at least 4 members (excludes halogenated alkanes) is 1. The molecule has 3 aromatic rings. The minimum atomic E-state index is -0.805. The lowest BCUT2D eigenvalue weighted by Gasteiger charge is -2.28. The van der Waals surface area contributed by atoms with Gasteiger partial charge < -0.3 is 14.6 Å². The number of pyridine rings is 1. The fourth-order valence-corrected chi connectivity index (χ4v) is 5.06. The first-order chi connectivity index (χ1) is 15.1. The first kappa shape index (κ1) is 21.4. The van der Waals surface area contributed by atoms with Crippen LogP contribution in [0.15, 0.2) is 53.6 Å². The van der Waals surface area contributed by atoms with Crippen LogP contribution in [0, 0.1) is 0 Å². The number of aliphatic carboxylic acids is 1. The molecular weight excluding hydrogens is 410 g/mol. The lowest BCUT2D eigenvalue weighted by atomic mass is 10.0. The topological polar surface area (TPSA) is 75.4 Å². The molecule has 0 unspecified atom stereocenters. The summed E-state index contributed by atoms with van der Waals surface area (Å²) in [5.74, 6) is 0.236. The summed E-state index contributed by atoms with van der Waals surface area (Å²) in [6.07, 6.45) is 4.35. The van der Waals surface area contributed by atoms with Crippen molar-refractivity contribution in [3.8, 4) is 0 Å². The second-order valence-electron chi connectivity index (χ2n) is 7.78. The highest BCUT2D eigenvalue weighted by Crippen LogP contribution is 2.31. The van der Waals surface area contributed by atoms with E-state index in [4.69, 9.17) is 5.11 Å². The molecule has 7 heteroatoms. The zero-order valence-electron chi connectivity index (χ0n) is 17.5. The quantitative estimate of drug-likeness (QED) is 0.398. The molecule has 0 fully saturated rings. The van der Waals surface area contributed by atoms with Crippen LogP contribution in [-0.2, 0) is 29.1 Å². The molecule has 3 heterocycles. The van der Waals surface area contributed by atoms with Gasteiger partial charge >= 0.3 is 5.97 Å². The summed E-state index contributed by atoms with van der Waals surface area (Å²) < 4.78 is 2.28. The highest BCUT2D eigenvalue weighted by atomic mass is 32.2. The molecule has 0 aliphatic carbocycles. The molecule has 1 aliphatic rings. The SMILES string of the molecule is O=C(O)CCCCC(=O)N1CCc2c(n(CCSc3ccccc3)c3ncccc23)C1. The number of aromatic nitrogens is 2. The minimum Gasteiger partial charge on any atom is -0.481 e. The van der Waals surface area contributed by atoms with Crippen molar-refractivity contribution in [1.82, 2.24) is 14.5 Å². The maximum Gasteiger partial charge on any atom is 0.303 e. The van der Waals surface area contributed by atoms with Crippen molar-refractivity contribution >= 4 is 34.7 Å². The van der Waals surface area contributed by atoms with Crippen molar-refractivity contribution in [1.29, 1.82) is 0 Å². The van der Waals surface area contributed by atoms with Gasteiger partial charge in [0.05, 0.1) is 6.54 Å². The summed E-state index contributed by atoms with van der Waals surface area (Å²) in [5, 5.41) is 9.96. The Hall–Kier alpha value is -2.80. The van der Waals surface area contributed by atoms with Gasteiger partial charge in [0.2, 0.25) is 5.91 Å². The molecule has 0 radical (unpaired) electrons. The number of thioether (sulfide) groups is 1. The molecule has 1 aliphatic heterocycles. The average Bonchev–Trinajstić information content (AvgIpc) is 3.10. The molecule has 0 saturated heterocycles. The number of fused-ring (bicyclic) bond motifs is 3. The van der Waals surface area contributed by atoms with Crippen LogP contribution in [0.3, 0.4) is 0 Å². The van der Waals surface area contributed by atoms with E-state index in [1.807, 2.05) is 35.0 Å². The summed E-state index contributed by atoms with van der Waals surface area (Å²) in [6, 6.07) is 14.5. The number of amides is 1. The zero-order chi connectivity index (χ0) is 21.6. The van der Waals surface area contributed by atoms with Gasteiger partial charge in [-0.3, -0.25) is 9.59 Å². The molecule has 2 aromatic heterocycles. The van der Waals surface area contributed by atoms with Crippen LogP contribution in [0.5, 0.6) is 0 Å². The highest BCUT2D eigenvalue weighted by molar-refractivity contribution is 7.99. The Bertz CT molecular complexity index is 1060. The van der Waals surface area contributed by atoms with Crippen molar-refractivity contribution in [2.45, 2.75) is 50.1 Å². The number of aryl methyl sites for hydroxylation is 1. The van der Waals surface area contributed by atoms with Crippen molar-refractivity contribution in [2.75, 3.05) is 12.3 Å². The van der Waals surface area contributed by atoms with Crippen LogP contribution in [0.2, 0.25) is 0 Å². The minimum absolute atomic E-state index is 0.111. The molecule has 31 heavy (non-hydrogen) atoms. The number of nitrogens with zero attached hydrogens (tertiary/aromatic N) is 3. The molecule has 1 aromatic carbocycles. The summed E-state index contributed by atoms with van der Waals surface area (Å²) in [4.78, 5) is 31.2. The van der Waals surface area contributed by atoms with Gasteiger partial charge in [-0.15, -0.1) is 11.8 Å². The second kappa shape index (κ2) is 10.0. The fourth-order valence-electron chi connectivity index (χ4n) is 4.20. The maximum atomic E-state index is 12.7. The maximum absolute atomic E-state index is 12.7. The van der Waals surface area contributed by atoms with Crippen molar-refractivity contribution in [2.24, 2.45) is 0 Å². The van der Waals surface area contributed by atoms with Crippen LogP contribution >= 0.6 is 11.8 Å². The van der Waals surface area contributed by atoms with Crippen molar-refractivity contribution in [3.63, 3.8) is 0 Å². The first-order valence-corrected chi connectivity index (χ1v) is 11.7. The number of carbonyl (C=O) groups is 2. The van der Waals surface area contributed by atoms with E-state index in [0.717, 1.165) is 24.4 Å². The number of carbonyl (C=O) groups excluding carboxylic acids is 1. The Balaban J connectivity index is 1.47. The van der Waals surface area contributed by atoms with Crippen molar-refractivity contribution in [3.05, 3.63) is 59.9 Å². The predicted molar refractivity (Wildman–Crippen MR) is 122 cm³/mol. The van der Waals surface area contributed by atoms with Gasteiger partial charge in [0.15, 0.2) is 0 Å². The van der Waals surface area contributed by atoms with Gasteiger partial charge in [0.1, 0.15) is 5.65 Å². The van der Waals surface area contributed by atoms with Crippen LogP contribution < -0.4 is 0 Å². The molecule has 6 nitrogen and oxygen atoms in total. The monoisotopic (exact) mass is 437 g/mol. The highest BCUT2D eigenvalue weighted by Gasteiger charge is 2.26. The van der Waals surface area contributed by atoms with Gasteiger partial charge in [0.25, 0.3) is 0 Å². The third kappa shape index (κ3) is 5.10. The van der Waals surface area contributed by atoms with E-state index >= 15 is 0 Å². The van der Waals surface area contributed by atoms with Gasteiger partial charge in [-0.2, -0.15) is 0 Å². The van der Waals surface area contributed by atoms with Gasteiger partial charge in [-0.05, 0) is 49.1 Å². The number of carboxylic acids is 1. The Morgan fingerprint density at radius 3 is 2.68 bits per heavy atom.